The topological polar surface area (TPSA) is 80.3 Å². The number of nitrogens with zero attached hydrogens (tertiary/aromatic N) is 2. The lowest BCUT2D eigenvalue weighted by atomic mass is 10.3. The van der Waals surface area contributed by atoms with Crippen molar-refractivity contribution in [2.24, 2.45) is 0 Å². The van der Waals surface area contributed by atoms with Crippen LogP contribution in [0.4, 0.5) is 0 Å². The summed E-state index contributed by atoms with van der Waals surface area (Å²) in [5.41, 5.74) is 0.910. The Morgan fingerprint density at radius 2 is 2.44 bits per heavy atom. The molecule has 2 aromatic heterocycles. The molecule has 0 amide bonds. The van der Waals surface area contributed by atoms with Crippen molar-refractivity contribution >= 4 is 11.2 Å². The molecule has 0 saturated carbocycles. The van der Waals surface area contributed by atoms with E-state index in [2.05, 4.69) is 17.2 Å². The van der Waals surface area contributed by atoms with E-state index in [1.807, 2.05) is 0 Å². The van der Waals surface area contributed by atoms with Crippen LogP contribution in [0.15, 0.2) is 27.5 Å². The molecule has 0 aromatic carbocycles. The molecule has 0 fully saturated rings. The van der Waals surface area contributed by atoms with Gasteiger partial charge in [-0.1, -0.05) is 6.92 Å². The molecule has 0 bridgehead atoms. The fourth-order valence-electron chi connectivity index (χ4n) is 1.78. The maximum absolute atomic E-state index is 11.6. The predicted molar refractivity (Wildman–Crippen MR) is 67.4 cm³/mol. The molecule has 0 radical (unpaired) electrons. The second-order valence-electron chi connectivity index (χ2n) is 4.16. The van der Waals surface area contributed by atoms with Crippen LogP contribution in [0.2, 0.25) is 0 Å². The van der Waals surface area contributed by atoms with Gasteiger partial charge >= 0.3 is 5.76 Å². The molecule has 0 aliphatic rings. The van der Waals surface area contributed by atoms with Crippen LogP contribution in [0.1, 0.15) is 13.3 Å². The lowest BCUT2D eigenvalue weighted by molar-refractivity contribution is 0.150. The third-order valence-corrected chi connectivity index (χ3v) is 2.62. The Labute approximate surface area is 104 Å². The zero-order chi connectivity index (χ0) is 13.0. The van der Waals surface area contributed by atoms with E-state index in [0.29, 0.717) is 17.8 Å². The number of nitrogens with one attached hydrogen (secondary N) is 1. The van der Waals surface area contributed by atoms with Crippen LogP contribution in [0.3, 0.4) is 0 Å². The highest BCUT2D eigenvalue weighted by atomic mass is 16.4. The van der Waals surface area contributed by atoms with E-state index in [4.69, 9.17) is 4.42 Å². The van der Waals surface area contributed by atoms with Gasteiger partial charge in [-0.3, -0.25) is 4.57 Å². The fraction of sp³-hybridized carbons (Fsp3) is 0.500. The van der Waals surface area contributed by atoms with Gasteiger partial charge < -0.3 is 14.8 Å². The summed E-state index contributed by atoms with van der Waals surface area (Å²) in [6, 6.07) is 3.39. The van der Waals surface area contributed by atoms with Crippen molar-refractivity contribution in [3.63, 3.8) is 0 Å². The average molecular weight is 251 g/mol. The predicted octanol–water partition coefficient (Wildman–Crippen LogP) is 0.350. The van der Waals surface area contributed by atoms with E-state index in [9.17, 15) is 9.90 Å². The number of oxazole rings is 1. The maximum Gasteiger partial charge on any atom is 0.421 e. The van der Waals surface area contributed by atoms with Gasteiger partial charge in [-0.15, -0.1) is 0 Å². The molecule has 2 N–H and O–H groups in total. The molecule has 0 saturated heterocycles. The van der Waals surface area contributed by atoms with E-state index in [-0.39, 0.29) is 6.54 Å². The van der Waals surface area contributed by atoms with Crippen molar-refractivity contribution in [2.45, 2.75) is 26.0 Å². The summed E-state index contributed by atoms with van der Waals surface area (Å²) < 4.78 is 6.39. The standard InChI is InChI=1S/C12H17N3O3/c1-2-5-13-7-9(16)8-15-11-10(18-12(15)17)4-3-6-14-11/h3-4,6,9,13,16H,2,5,7-8H2,1H3. The third-order valence-electron chi connectivity index (χ3n) is 2.62. The second-order valence-corrected chi connectivity index (χ2v) is 4.16. The molecule has 1 unspecified atom stereocenters. The Kier molecular flexibility index (Phi) is 4.11. The Hall–Kier alpha value is -1.66. The van der Waals surface area contributed by atoms with E-state index in [0.717, 1.165) is 13.0 Å². The van der Waals surface area contributed by atoms with Crippen LogP contribution >= 0.6 is 0 Å². The molecule has 6 nitrogen and oxygen atoms in total. The summed E-state index contributed by atoms with van der Waals surface area (Å²) in [5.74, 6) is -0.488. The van der Waals surface area contributed by atoms with Crippen molar-refractivity contribution in [2.75, 3.05) is 13.1 Å². The van der Waals surface area contributed by atoms with Gasteiger partial charge in [0, 0.05) is 12.7 Å². The zero-order valence-corrected chi connectivity index (χ0v) is 10.3. The van der Waals surface area contributed by atoms with Crippen LogP contribution in [0.25, 0.3) is 11.2 Å². The summed E-state index contributed by atoms with van der Waals surface area (Å²) >= 11 is 0. The molecule has 0 aliphatic heterocycles. The molecular weight excluding hydrogens is 234 g/mol. The van der Waals surface area contributed by atoms with Gasteiger partial charge in [-0.05, 0) is 25.1 Å². The Balaban J connectivity index is 2.11. The van der Waals surface area contributed by atoms with Gasteiger partial charge in [0.2, 0.25) is 0 Å². The second kappa shape index (κ2) is 5.79. The van der Waals surface area contributed by atoms with Gasteiger partial charge in [-0.25, -0.2) is 9.78 Å². The lowest BCUT2D eigenvalue weighted by Crippen LogP contribution is -2.33. The molecule has 0 aliphatic carbocycles. The van der Waals surface area contributed by atoms with Gasteiger partial charge in [-0.2, -0.15) is 0 Å². The van der Waals surface area contributed by atoms with E-state index < -0.39 is 11.9 Å². The first-order valence-corrected chi connectivity index (χ1v) is 6.05. The fourth-order valence-corrected chi connectivity index (χ4v) is 1.78. The van der Waals surface area contributed by atoms with Crippen molar-refractivity contribution in [1.82, 2.24) is 14.9 Å². The molecule has 6 heteroatoms. The van der Waals surface area contributed by atoms with Gasteiger partial charge in [0.1, 0.15) is 0 Å². The van der Waals surface area contributed by atoms with Crippen molar-refractivity contribution in [3.05, 3.63) is 28.9 Å². The van der Waals surface area contributed by atoms with Crippen LogP contribution < -0.4 is 11.1 Å². The highest BCUT2D eigenvalue weighted by Crippen LogP contribution is 2.08. The number of rotatable bonds is 6. The normalized spacial score (nSPS) is 13.0. The maximum atomic E-state index is 11.6. The quantitative estimate of drug-likeness (QED) is 0.724. The monoisotopic (exact) mass is 251 g/mol. The highest BCUT2D eigenvalue weighted by molar-refractivity contribution is 5.67. The van der Waals surface area contributed by atoms with Crippen molar-refractivity contribution in [3.8, 4) is 0 Å². The summed E-state index contributed by atoms with van der Waals surface area (Å²) in [4.78, 5) is 15.7. The molecule has 2 heterocycles. The SMILES string of the molecule is CCCNCC(O)Cn1c(=O)oc2cccnc21. The number of fused-ring (bicyclic) bond motifs is 1. The third kappa shape index (κ3) is 2.77. The first-order valence-electron chi connectivity index (χ1n) is 6.05. The summed E-state index contributed by atoms with van der Waals surface area (Å²) in [6.07, 6.45) is 1.95. The Morgan fingerprint density at radius 3 is 3.22 bits per heavy atom. The number of aromatic nitrogens is 2. The molecule has 0 spiro atoms. The summed E-state index contributed by atoms with van der Waals surface area (Å²) in [5, 5.41) is 12.9. The van der Waals surface area contributed by atoms with E-state index in [1.54, 1.807) is 18.3 Å². The first-order chi connectivity index (χ1) is 8.72. The smallest absolute Gasteiger partial charge is 0.406 e. The molecule has 98 valence electrons. The zero-order valence-electron chi connectivity index (χ0n) is 10.3. The van der Waals surface area contributed by atoms with E-state index >= 15 is 0 Å². The van der Waals surface area contributed by atoms with Crippen LogP contribution in [0, 0.1) is 0 Å². The minimum absolute atomic E-state index is 0.180. The molecule has 18 heavy (non-hydrogen) atoms. The summed E-state index contributed by atoms with van der Waals surface area (Å²) in [6.45, 7) is 3.52. The lowest BCUT2D eigenvalue weighted by Gasteiger charge is -2.11. The summed E-state index contributed by atoms with van der Waals surface area (Å²) in [7, 11) is 0. The van der Waals surface area contributed by atoms with Crippen molar-refractivity contribution in [1.29, 1.82) is 0 Å². The Morgan fingerprint density at radius 1 is 1.61 bits per heavy atom. The molecule has 2 aromatic rings. The Bertz CT molecular complexity index is 561. The number of hydrogen-bond donors (Lipinski definition) is 2. The number of aliphatic hydroxyl groups is 1. The largest absolute Gasteiger partial charge is 0.421 e. The first kappa shape index (κ1) is 12.8. The van der Waals surface area contributed by atoms with Gasteiger partial charge in [0.15, 0.2) is 11.2 Å². The highest BCUT2D eigenvalue weighted by Gasteiger charge is 2.13. The number of hydrogen-bond acceptors (Lipinski definition) is 5. The van der Waals surface area contributed by atoms with Gasteiger partial charge in [0.05, 0.1) is 12.6 Å². The van der Waals surface area contributed by atoms with Crippen LogP contribution in [0.5, 0.6) is 0 Å². The molecule has 1 atom stereocenters. The minimum atomic E-state index is -0.642. The van der Waals surface area contributed by atoms with E-state index in [1.165, 1.54) is 4.57 Å². The van der Waals surface area contributed by atoms with Crippen molar-refractivity contribution < 1.29 is 9.52 Å². The molecular formula is C12H17N3O3. The van der Waals surface area contributed by atoms with Crippen LogP contribution in [-0.4, -0.2) is 33.9 Å². The molecule has 2 rings (SSSR count). The average Bonchev–Trinajstić information content (AvgIpc) is 2.67. The minimum Gasteiger partial charge on any atom is -0.406 e. The number of pyridine rings is 1. The van der Waals surface area contributed by atoms with Crippen LogP contribution in [-0.2, 0) is 6.54 Å². The van der Waals surface area contributed by atoms with Gasteiger partial charge in [0.25, 0.3) is 0 Å². The number of aliphatic hydroxyl groups excluding tert-OH is 1.